The van der Waals surface area contributed by atoms with Gasteiger partial charge >= 0.3 is 24.4 Å². The van der Waals surface area contributed by atoms with E-state index in [9.17, 15) is 19.2 Å². The van der Waals surface area contributed by atoms with Crippen LogP contribution in [0, 0.1) is 5.41 Å². The molecule has 4 amide bonds. The lowest BCUT2D eigenvalue weighted by Crippen LogP contribution is -2.53. The van der Waals surface area contributed by atoms with Gasteiger partial charge in [0.1, 0.15) is 34.0 Å². The number of unbranched alkanes of at least 4 members (excludes halogenated alkanes) is 4. The average molecular weight is 813 g/mol. The summed E-state index contributed by atoms with van der Waals surface area (Å²) < 4.78 is 28.1. The lowest BCUT2D eigenvalue weighted by molar-refractivity contribution is 0.0269. The standard InChI is InChI=1S/C38H62BrN5O9/c1-35(2,3)50-31(45)41-29(40)27-19-21-28(22-20-27)49-26-18-25-44(34(48)53-38(10,11)12)30(42-32(46)51-36(4,5)6)43(33(47)52-37(7,8)9)24-17-15-13-14-16-23-39/h19-22H,13-18,23-26H2,1-12H3,(H2,40,41,45)/b42-30+. The SMILES string of the molecule is CC(C)(C)OC(=O)/N=C(\N(CCCCCCCBr)C(=O)OC(C)(C)C)N(CCCOc1ccc(C(=N)NC(=O)OC(C)(C)C)cc1)C(=O)OC(C)(C)C. The Labute approximate surface area is 324 Å². The molecule has 0 spiro atoms. The fourth-order valence-electron chi connectivity index (χ4n) is 4.32. The summed E-state index contributed by atoms with van der Waals surface area (Å²) in [6, 6.07) is 6.52. The van der Waals surface area contributed by atoms with Gasteiger partial charge in [0.15, 0.2) is 0 Å². The molecule has 14 nitrogen and oxygen atoms in total. The second-order valence-electron chi connectivity index (χ2n) is 16.3. The van der Waals surface area contributed by atoms with Gasteiger partial charge in [0, 0.05) is 24.0 Å². The summed E-state index contributed by atoms with van der Waals surface area (Å²) in [4.78, 5) is 59.4. The van der Waals surface area contributed by atoms with Gasteiger partial charge in [-0.2, -0.15) is 0 Å². The van der Waals surface area contributed by atoms with Crippen molar-refractivity contribution in [2.75, 3.05) is 25.0 Å². The van der Waals surface area contributed by atoms with Crippen LogP contribution in [-0.2, 0) is 18.9 Å². The van der Waals surface area contributed by atoms with Crippen molar-refractivity contribution in [3.63, 3.8) is 0 Å². The largest absolute Gasteiger partial charge is 0.494 e. The van der Waals surface area contributed by atoms with Crippen LogP contribution in [0.2, 0.25) is 0 Å². The molecule has 53 heavy (non-hydrogen) atoms. The first-order valence-corrected chi connectivity index (χ1v) is 19.1. The molecular weight excluding hydrogens is 750 g/mol. The molecular formula is C38H62BrN5O9. The highest BCUT2D eigenvalue weighted by Crippen LogP contribution is 2.19. The third-order valence-electron chi connectivity index (χ3n) is 6.37. The summed E-state index contributed by atoms with van der Waals surface area (Å²) in [5, 5.41) is 11.5. The number of nitrogens with zero attached hydrogens (tertiary/aromatic N) is 3. The molecule has 0 unspecified atom stereocenters. The Balaban J connectivity index is 3.39. The van der Waals surface area contributed by atoms with E-state index in [1.165, 1.54) is 4.90 Å². The predicted molar refractivity (Wildman–Crippen MR) is 209 cm³/mol. The van der Waals surface area contributed by atoms with Gasteiger partial charge in [0.2, 0.25) is 5.96 Å². The number of amidine groups is 1. The van der Waals surface area contributed by atoms with Crippen molar-refractivity contribution in [1.82, 2.24) is 15.1 Å². The van der Waals surface area contributed by atoms with Crippen LogP contribution in [0.1, 0.15) is 127 Å². The molecule has 0 aliphatic heterocycles. The Kier molecular flexibility index (Phi) is 18.8. The summed E-state index contributed by atoms with van der Waals surface area (Å²) >= 11 is 3.45. The van der Waals surface area contributed by atoms with Crippen LogP contribution in [0.3, 0.4) is 0 Å². The second-order valence-corrected chi connectivity index (χ2v) is 17.1. The van der Waals surface area contributed by atoms with Crippen molar-refractivity contribution in [3.8, 4) is 5.75 Å². The number of hydrogen-bond acceptors (Lipinski definition) is 10. The fraction of sp³-hybridized carbons (Fsp3) is 0.684. The Morgan fingerprint density at radius 2 is 1.11 bits per heavy atom. The Bertz CT molecular complexity index is 1390. The van der Waals surface area contributed by atoms with Gasteiger partial charge in [-0.3, -0.25) is 10.7 Å². The smallest absolute Gasteiger partial charge is 0.437 e. The molecule has 0 aromatic heterocycles. The molecule has 0 atom stereocenters. The molecule has 0 aliphatic carbocycles. The van der Waals surface area contributed by atoms with E-state index >= 15 is 0 Å². The van der Waals surface area contributed by atoms with E-state index < -0.39 is 46.8 Å². The van der Waals surface area contributed by atoms with E-state index in [-0.39, 0.29) is 37.9 Å². The first-order chi connectivity index (χ1) is 24.3. The van der Waals surface area contributed by atoms with E-state index in [1.54, 1.807) is 107 Å². The first-order valence-electron chi connectivity index (χ1n) is 18.0. The minimum absolute atomic E-state index is 0.0520. The Morgan fingerprint density at radius 1 is 0.660 bits per heavy atom. The van der Waals surface area contributed by atoms with Gasteiger partial charge in [-0.05, 0) is 127 Å². The van der Waals surface area contributed by atoms with Gasteiger partial charge < -0.3 is 23.7 Å². The minimum Gasteiger partial charge on any atom is -0.494 e. The summed E-state index contributed by atoms with van der Waals surface area (Å²) in [5.41, 5.74) is -2.96. The molecule has 0 heterocycles. The number of aliphatic imine (C=N–C) groups is 1. The highest BCUT2D eigenvalue weighted by Gasteiger charge is 2.35. The maximum Gasteiger partial charge on any atom is 0.437 e. The zero-order chi connectivity index (χ0) is 40.6. The Hall–Kier alpha value is -3.88. The number of carbonyl (C=O) groups is 4. The normalized spacial score (nSPS) is 12.4. The molecule has 0 fully saturated rings. The van der Waals surface area contributed by atoms with Gasteiger partial charge in [0.25, 0.3) is 0 Å². The van der Waals surface area contributed by atoms with Gasteiger partial charge in [-0.15, -0.1) is 4.99 Å². The van der Waals surface area contributed by atoms with Gasteiger partial charge in [-0.25, -0.2) is 29.0 Å². The van der Waals surface area contributed by atoms with E-state index in [1.807, 2.05) is 0 Å². The van der Waals surface area contributed by atoms with Crippen LogP contribution in [0.5, 0.6) is 5.75 Å². The van der Waals surface area contributed by atoms with Crippen molar-refractivity contribution >= 4 is 52.1 Å². The summed E-state index contributed by atoms with van der Waals surface area (Å²) in [6.45, 7) is 20.8. The number of ether oxygens (including phenoxy) is 5. The fourth-order valence-corrected chi connectivity index (χ4v) is 4.71. The second kappa shape index (κ2) is 21.1. The number of hydrogen-bond donors (Lipinski definition) is 2. The van der Waals surface area contributed by atoms with E-state index in [4.69, 9.17) is 29.1 Å². The lowest BCUT2D eigenvalue weighted by Gasteiger charge is -2.34. The van der Waals surface area contributed by atoms with Crippen molar-refractivity contribution in [3.05, 3.63) is 29.8 Å². The van der Waals surface area contributed by atoms with Crippen LogP contribution in [-0.4, -0.2) is 93.4 Å². The Morgan fingerprint density at radius 3 is 1.58 bits per heavy atom. The van der Waals surface area contributed by atoms with E-state index in [2.05, 4.69) is 26.2 Å². The molecule has 0 radical (unpaired) electrons. The molecule has 1 rings (SSSR count). The quantitative estimate of drug-likeness (QED) is 0.0648. The number of benzene rings is 1. The number of carbonyl (C=O) groups excluding carboxylic acids is 4. The van der Waals surface area contributed by atoms with Gasteiger partial charge in [0.05, 0.1) is 6.61 Å². The summed E-state index contributed by atoms with van der Waals surface area (Å²) in [7, 11) is 0. The van der Waals surface area contributed by atoms with Crippen molar-refractivity contribution in [2.45, 2.75) is 144 Å². The van der Waals surface area contributed by atoms with Crippen LogP contribution >= 0.6 is 15.9 Å². The molecule has 0 saturated carbocycles. The third-order valence-corrected chi connectivity index (χ3v) is 6.94. The van der Waals surface area contributed by atoms with Crippen molar-refractivity contribution in [1.29, 1.82) is 5.41 Å². The molecule has 0 aliphatic rings. The maximum atomic E-state index is 13.8. The zero-order valence-corrected chi connectivity index (χ0v) is 35.4. The van der Waals surface area contributed by atoms with Crippen molar-refractivity contribution in [2.24, 2.45) is 4.99 Å². The number of alkyl halides is 1. The van der Waals surface area contributed by atoms with Gasteiger partial charge in [-0.1, -0.05) is 35.2 Å². The minimum atomic E-state index is -0.991. The monoisotopic (exact) mass is 811 g/mol. The highest BCUT2D eigenvalue weighted by atomic mass is 79.9. The molecule has 0 bridgehead atoms. The molecule has 300 valence electrons. The van der Waals surface area contributed by atoms with E-state index in [0.29, 0.717) is 17.7 Å². The van der Waals surface area contributed by atoms with E-state index in [0.717, 1.165) is 35.9 Å². The molecule has 1 aromatic rings. The molecule has 0 saturated heterocycles. The first kappa shape index (κ1) is 47.1. The number of halogens is 1. The highest BCUT2D eigenvalue weighted by molar-refractivity contribution is 9.09. The topological polar surface area (TPSA) is 169 Å². The molecule has 15 heteroatoms. The summed E-state index contributed by atoms with van der Waals surface area (Å²) in [6.07, 6.45) is 1.22. The average Bonchev–Trinajstić information content (AvgIpc) is 2.96. The number of nitrogens with one attached hydrogen (secondary N) is 2. The number of amides is 4. The molecule has 2 N–H and O–H groups in total. The third kappa shape index (κ3) is 21.4. The number of alkyl carbamates (subject to hydrolysis) is 1. The van der Waals surface area contributed by atoms with Crippen LogP contribution in [0.4, 0.5) is 19.2 Å². The predicted octanol–water partition coefficient (Wildman–Crippen LogP) is 9.42. The number of guanidine groups is 1. The maximum absolute atomic E-state index is 13.8. The summed E-state index contributed by atoms with van der Waals surface area (Å²) in [5.74, 6) is 0.0632. The lowest BCUT2D eigenvalue weighted by atomic mass is 10.1. The number of rotatable bonds is 13. The van der Waals surface area contributed by atoms with Crippen LogP contribution in [0.25, 0.3) is 0 Å². The molecule has 1 aromatic carbocycles. The van der Waals surface area contributed by atoms with Crippen LogP contribution in [0.15, 0.2) is 29.3 Å². The zero-order valence-electron chi connectivity index (χ0n) is 33.8. The van der Waals surface area contributed by atoms with Crippen LogP contribution < -0.4 is 10.1 Å². The van der Waals surface area contributed by atoms with Crippen molar-refractivity contribution < 1.29 is 42.9 Å².